The van der Waals surface area contributed by atoms with Gasteiger partial charge in [0.05, 0.1) is 12.2 Å². The fraction of sp³-hybridized carbons (Fsp3) is 0.462. The highest BCUT2D eigenvalue weighted by molar-refractivity contribution is 5.74. The van der Waals surface area contributed by atoms with Crippen molar-refractivity contribution in [3.8, 4) is 0 Å². The molecule has 0 aromatic carbocycles. The van der Waals surface area contributed by atoms with E-state index in [2.05, 4.69) is 10.3 Å². The molecule has 1 rings (SSSR count). The number of pyridine rings is 1. The van der Waals surface area contributed by atoms with Gasteiger partial charge in [0.1, 0.15) is 0 Å². The number of aryl methyl sites for hydroxylation is 1. The summed E-state index contributed by atoms with van der Waals surface area (Å²) in [6, 6.07) is 5.22. The Bertz CT molecular complexity index is 478. The van der Waals surface area contributed by atoms with Crippen molar-refractivity contribution in [2.24, 2.45) is 0 Å². The lowest BCUT2D eigenvalue weighted by Gasteiger charge is -2.18. The third-order valence-corrected chi connectivity index (χ3v) is 2.67. The van der Waals surface area contributed by atoms with E-state index in [1.54, 1.807) is 7.05 Å². The van der Waals surface area contributed by atoms with Crippen molar-refractivity contribution in [3.05, 3.63) is 29.6 Å². The first-order valence-corrected chi connectivity index (χ1v) is 6.22. The molecule has 3 N–H and O–H groups in total. The van der Waals surface area contributed by atoms with Crippen molar-refractivity contribution in [2.45, 2.75) is 26.0 Å². The maximum Gasteiger partial charge on any atom is 0.332 e. The summed E-state index contributed by atoms with van der Waals surface area (Å²) in [4.78, 5) is 27.9. The second-order valence-corrected chi connectivity index (χ2v) is 4.50. The number of nitrogens with zero attached hydrogens (tertiary/aromatic N) is 2. The van der Waals surface area contributed by atoms with Crippen molar-refractivity contribution in [2.75, 3.05) is 13.6 Å². The predicted molar refractivity (Wildman–Crippen MR) is 72.1 cm³/mol. The van der Waals surface area contributed by atoms with Gasteiger partial charge in [0.25, 0.3) is 0 Å². The van der Waals surface area contributed by atoms with Crippen molar-refractivity contribution < 1.29 is 19.8 Å². The van der Waals surface area contributed by atoms with E-state index >= 15 is 0 Å². The molecule has 0 bridgehead atoms. The molecule has 7 heteroatoms. The SMILES string of the molecule is Cc1cccc(CN(C)C(=O)NCC[C@H](O)C(=O)O)n1. The molecule has 0 radical (unpaired) electrons. The number of carboxylic acids is 1. The van der Waals surface area contributed by atoms with Gasteiger partial charge >= 0.3 is 12.0 Å². The Morgan fingerprint density at radius 1 is 1.45 bits per heavy atom. The van der Waals surface area contributed by atoms with Gasteiger partial charge in [0.2, 0.25) is 0 Å². The number of hydrogen-bond donors (Lipinski definition) is 3. The molecule has 20 heavy (non-hydrogen) atoms. The van der Waals surface area contributed by atoms with Gasteiger partial charge in [-0.1, -0.05) is 6.07 Å². The van der Waals surface area contributed by atoms with Crippen LogP contribution >= 0.6 is 0 Å². The van der Waals surface area contributed by atoms with Crippen LogP contribution < -0.4 is 5.32 Å². The van der Waals surface area contributed by atoms with E-state index in [0.29, 0.717) is 6.54 Å². The van der Waals surface area contributed by atoms with Crippen LogP contribution in [0.2, 0.25) is 0 Å². The zero-order valence-corrected chi connectivity index (χ0v) is 11.5. The molecule has 1 aromatic heterocycles. The first kappa shape index (κ1) is 15.9. The molecule has 0 unspecified atom stereocenters. The van der Waals surface area contributed by atoms with E-state index < -0.39 is 12.1 Å². The van der Waals surface area contributed by atoms with E-state index in [1.165, 1.54) is 4.90 Å². The predicted octanol–water partition coefficient (Wildman–Crippen LogP) is 0.367. The molecule has 0 aliphatic heterocycles. The highest BCUT2D eigenvalue weighted by Crippen LogP contribution is 2.02. The molecule has 0 spiro atoms. The molecule has 0 aliphatic rings. The van der Waals surface area contributed by atoms with Crippen molar-refractivity contribution in [1.82, 2.24) is 15.2 Å². The molecule has 0 fully saturated rings. The van der Waals surface area contributed by atoms with Crippen LogP contribution in [0.3, 0.4) is 0 Å². The Labute approximate surface area is 117 Å². The summed E-state index contributed by atoms with van der Waals surface area (Å²) in [5, 5.41) is 20.1. The van der Waals surface area contributed by atoms with Crippen LogP contribution in [0.25, 0.3) is 0 Å². The summed E-state index contributed by atoms with van der Waals surface area (Å²) in [5.41, 5.74) is 1.65. The molecule has 2 amide bonds. The highest BCUT2D eigenvalue weighted by atomic mass is 16.4. The lowest BCUT2D eigenvalue weighted by atomic mass is 10.2. The molecule has 1 aromatic rings. The summed E-state index contributed by atoms with van der Waals surface area (Å²) >= 11 is 0. The topological polar surface area (TPSA) is 103 Å². The van der Waals surface area contributed by atoms with Crippen LogP contribution in [0.4, 0.5) is 4.79 Å². The van der Waals surface area contributed by atoms with Crippen LogP contribution in [0.15, 0.2) is 18.2 Å². The van der Waals surface area contributed by atoms with Crippen LogP contribution in [-0.4, -0.2) is 51.8 Å². The van der Waals surface area contributed by atoms with E-state index in [9.17, 15) is 9.59 Å². The minimum absolute atomic E-state index is 0.0302. The zero-order chi connectivity index (χ0) is 15.1. The minimum Gasteiger partial charge on any atom is -0.479 e. The average Bonchev–Trinajstić information content (AvgIpc) is 2.38. The summed E-state index contributed by atoms with van der Waals surface area (Å²) < 4.78 is 0. The number of carbonyl (C=O) groups is 2. The number of carbonyl (C=O) groups excluding carboxylic acids is 1. The number of aliphatic carboxylic acids is 1. The van der Waals surface area contributed by atoms with Gasteiger partial charge in [0.15, 0.2) is 6.10 Å². The van der Waals surface area contributed by atoms with Gasteiger partial charge < -0.3 is 20.4 Å². The molecular formula is C13H19N3O4. The minimum atomic E-state index is -1.46. The van der Waals surface area contributed by atoms with Gasteiger partial charge in [-0.25, -0.2) is 9.59 Å². The normalized spacial score (nSPS) is 11.8. The Hall–Kier alpha value is -2.15. The van der Waals surface area contributed by atoms with Gasteiger partial charge in [-0.3, -0.25) is 4.98 Å². The Morgan fingerprint density at radius 2 is 2.15 bits per heavy atom. The third kappa shape index (κ3) is 5.23. The molecule has 110 valence electrons. The third-order valence-electron chi connectivity index (χ3n) is 2.67. The average molecular weight is 281 g/mol. The van der Waals surface area contributed by atoms with Crippen LogP contribution in [0, 0.1) is 6.92 Å². The smallest absolute Gasteiger partial charge is 0.332 e. The molecule has 0 saturated carbocycles. The maximum absolute atomic E-state index is 11.7. The van der Waals surface area contributed by atoms with Crippen molar-refractivity contribution in [1.29, 1.82) is 0 Å². The first-order valence-electron chi connectivity index (χ1n) is 6.22. The second-order valence-electron chi connectivity index (χ2n) is 4.50. The number of carboxylic acid groups (broad SMARTS) is 1. The summed E-state index contributed by atoms with van der Waals surface area (Å²) in [7, 11) is 1.62. The zero-order valence-electron chi connectivity index (χ0n) is 11.5. The highest BCUT2D eigenvalue weighted by Gasteiger charge is 2.14. The second kappa shape index (κ2) is 7.44. The quantitative estimate of drug-likeness (QED) is 0.699. The Balaban J connectivity index is 2.38. The lowest BCUT2D eigenvalue weighted by molar-refractivity contribution is -0.146. The lowest BCUT2D eigenvalue weighted by Crippen LogP contribution is -2.38. The van der Waals surface area contributed by atoms with Crippen LogP contribution in [0.1, 0.15) is 17.8 Å². The molecular weight excluding hydrogens is 262 g/mol. The Kier molecular flexibility index (Phi) is 5.92. The molecule has 7 nitrogen and oxygen atoms in total. The summed E-state index contributed by atoms with van der Waals surface area (Å²) in [6.45, 7) is 2.32. The number of aliphatic hydroxyl groups is 1. The van der Waals surface area contributed by atoms with Gasteiger partial charge in [-0.15, -0.1) is 0 Å². The largest absolute Gasteiger partial charge is 0.479 e. The fourth-order valence-electron chi connectivity index (χ4n) is 1.58. The Morgan fingerprint density at radius 3 is 2.75 bits per heavy atom. The van der Waals surface area contributed by atoms with E-state index in [4.69, 9.17) is 10.2 Å². The number of nitrogens with one attached hydrogen (secondary N) is 1. The summed E-state index contributed by atoms with van der Waals surface area (Å²) in [6.07, 6.45) is -1.49. The number of aromatic nitrogens is 1. The number of hydrogen-bond acceptors (Lipinski definition) is 4. The van der Waals surface area contributed by atoms with Crippen molar-refractivity contribution >= 4 is 12.0 Å². The molecule has 0 aliphatic carbocycles. The van der Waals surface area contributed by atoms with Gasteiger partial charge in [0, 0.05) is 25.7 Å². The number of amides is 2. The molecule has 1 atom stereocenters. The van der Waals surface area contributed by atoms with E-state index in [-0.39, 0.29) is 19.0 Å². The monoisotopic (exact) mass is 281 g/mol. The fourth-order valence-corrected chi connectivity index (χ4v) is 1.58. The van der Waals surface area contributed by atoms with Crippen LogP contribution in [0.5, 0.6) is 0 Å². The first-order chi connectivity index (χ1) is 9.40. The maximum atomic E-state index is 11.7. The van der Waals surface area contributed by atoms with E-state index in [1.807, 2.05) is 25.1 Å². The summed E-state index contributed by atoms with van der Waals surface area (Å²) in [5.74, 6) is -1.29. The molecule has 1 heterocycles. The van der Waals surface area contributed by atoms with Gasteiger partial charge in [-0.05, 0) is 19.1 Å². The van der Waals surface area contributed by atoms with Crippen LogP contribution in [-0.2, 0) is 11.3 Å². The molecule has 0 saturated heterocycles. The van der Waals surface area contributed by atoms with Crippen molar-refractivity contribution in [3.63, 3.8) is 0 Å². The number of rotatable bonds is 6. The number of urea groups is 1. The van der Waals surface area contributed by atoms with Gasteiger partial charge in [-0.2, -0.15) is 0 Å². The standard InChI is InChI=1S/C13H19N3O4/c1-9-4-3-5-10(15-9)8-16(2)13(20)14-7-6-11(17)12(18)19/h3-5,11,17H,6-8H2,1-2H3,(H,14,20)(H,18,19)/t11-/m0/s1. The number of aliphatic hydroxyl groups excluding tert-OH is 1. The van der Waals surface area contributed by atoms with E-state index in [0.717, 1.165) is 11.4 Å².